The van der Waals surface area contributed by atoms with Crippen molar-refractivity contribution in [3.63, 3.8) is 0 Å². The van der Waals surface area contributed by atoms with Crippen LogP contribution < -0.4 is 4.74 Å². The molecular weight excluding hydrogens is 302 g/mol. The van der Waals surface area contributed by atoms with Crippen LogP contribution in [-0.2, 0) is 11.8 Å². The summed E-state index contributed by atoms with van der Waals surface area (Å²) in [6.45, 7) is 6.01. The number of ether oxygens (including phenoxy) is 1. The molecule has 4 aliphatic rings. The molecule has 1 saturated heterocycles. The van der Waals surface area contributed by atoms with Crippen LogP contribution in [0.15, 0.2) is 24.8 Å². The van der Waals surface area contributed by atoms with E-state index in [0.29, 0.717) is 17.7 Å². The van der Waals surface area contributed by atoms with E-state index in [1.165, 1.54) is 5.56 Å². The third-order valence-electron chi connectivity index (χ3n) is 7.52. The topological polar surface area (TPSA) is 49.7 Å². The average Bonchev–Trinajstić information content (AvgIpc) is 2.90. The molecule has 0 radical (unpaired) electrons. The van der Waals surface area contributed by atoms with E-state index in [1.54, 1.807) is 6.07 Å². The number of likely N-dealkylation sites (tertiary alicyclic amines) is 1. The van der Waals surface area contributed by atoms with Gasteiger partial charge >= 0.3 is 0 Å². The second kappa shape index (κ2) is 4.55. The Morgan fingerprint density at radius 3 is 3.04 bits per heavy atom. The highest BCUT2D eigenvalue weighted by atomic mass is 16.5. The number of nitrogens with zero attached hydrogens (tertiary/aromatic N) is 1. The quantitative estimate of drug-likeness (QED) is 0.646. The molecule has 4 nitrogen and oxygen atoms in total. The molecule has 0 aromatic heterocycles. The van der Waals surface area contributed by atoms with Crippen LogP contribution in [0.4, 0.5) is 0 Å². The number of aliphatic hydroxyl groups excluding tert-OH is 1. The molecule has 2 N–H and O–H groups in total. The molecule has 2 fully saturated rings. The Kier molecular flexibility index (Phi) is 2.81. The van der Waals surface area contributed by atoms with Crippen LogP contribution >= 0.6 is 0 Å². The maximum atomic E-state index is 10.7. The SMILES string of the molecule is C=CC[N@@+]1(C)CC[C@]23c4c5ccc(O)c4C[C@H]1[C@@H]2CC[C@H](O)C3O5. The highest BCUT2D eigenvalue weighted by Gasteiger charge is 2.68. The number of quaternary nitrogens is 1. The molecule has 1 saturated carbocycles. The van der Waals surface area contributed by atoms with Crippen LogP contribution in [0.2, 0.25) is 0 Å². The van der Waals surface area contributed by atoms with E-state index >= 15 is 0 Å². The van der Waals surface area contributed by atoms with Crippen LogP contribution in [-0.4, -0.2) is 53.1 Å². The first-order chi connectivity index (χ1) is 11.5. The van der Waals surface area contributed by atoms with Gasteiger partial charge in [-0.2, -0.15) is 0 Å². The molecule has 2 heterocycles. The second-order valence-corrected chi connectivity index (χ2v) is 8.46. The zero-order valence-corrected chi connectivity index (χ0v) is 14.2. The molecule has 5 rings (SSSR count). The minimum atomic E-state index is -0.404. The maximum absolute atomic E-state index is 10.7. The van der Waals surface area contributed by atoms with Gasteiger partial charge in [0.15, 0.2) is 0 Å². The standard InChI is InChI=1S/C20H25NO3/c1-3-9-21(2)10-8-20-13-4-5-16(23)19(20)24-17-7-6-15(22)12(18(17)20)11-14(13)21/h3,6-7,13-14,16,19,23H,1,4-5,8-11H2,2H3/p+1/t13-,14-,16-,19?,20+,21-/m0/s1. The molecular formula is C20H26NO3+. The lowest BCUT2D eigenvalue weighted by Crippen LogP contribution is -2.72. The van der Waals surface area contributed by atoms with E-state index in [9.17, 15) is 10.2 Å². The fraction of sp³-hybridized carbons (Fsp3) is 0.600. The third kappa shape index (κ3) is 1.52. The molecule has 1 spiro atoms. The van der Waals surface area contributed by atoms with Crippen LogP contribution in [0, 0.1) is 5.92 Å². The minimum Gasteiger partial charge on any atom is -0.508 e. The van der Waals surface area contributed by atoms with Gasteiger partial charge in [0.05, 0.1) is 37.7 Å². The largest absolute Gasteiger partial charge is 0.508 e. The number of rotatable bonds is 2. The van der Waals surface area contributed by atoms with Gasteiger partial charge in [0, 0.05) is 29.9 Å². The van der Waals surface area contributed by atoms with Gasteiger partial charge in [-0.15, -0.1) is 0 Å². The number of likely N-dealkylation sites (N-methyl/N-ethyl adjacent to an activating group) is 1. The lowest BCUT2D eigenvalue weighted by molar-refractivity contribution is -0.940. The van der Waals surface area contributed by atoms with E-state index < -0.39 is 6.10 Å². The Bertz CT molecular complexity index is 732. The number of benzene rings is 1. The van der Waals surface area contributed by atoms with Crippen molar-refractivity contribution >= 4 is 0 Å². The molecule has 2 aliphatic carbocycles. The van der Waals surface area contributed by atoms with Crippen molar-refractivity contribution in [3.05, 3.63) is 35.9 Å². The number of hydrogen-bond acceptors (Lipinski definition) is 3. The molecule has 1 unspecified atom stereocenters. The van der Waals surface area contributed by atoms with Crippen molar-refractivity contribution in [3.8, 4) is 11.5 Å². The zero-order chi connectivity index (χ0) is 16.7. The molecule has 6 atom stereocenters. The number of aliphatic hydroxyl groups is 1. The molecule has 4 heteroatoms. The summed E-state index contributed by atoms with van der Waals surface area (Å²) < 4.78 is 7.27. The lowest BCUT2D eigenvalue weighted by Gasteiger charge is -2.61. The van der Waals surface area contributed by atoms with Crippen LogP contribution in [0.3, 0.4) is 0 Å². The summed E-state index contributed by atoms with van der Waals surface area (Å²) >= 11 is 0. The molecule has 2 bridgehead atoms. The summed E-state index contributed by atoms with van der Waals surface area (Å²) in [7, 11) is 2.33. The predicted octanol–water partition coefficient (Wildman–Crippen LogP) is 2.12. The monoisotopic (exact) mass is 328 g/mol. The molecule has 24 heavy (non-hydrogen) atoms. The average molecular weight is 328 g/mol. The Morgan fingerprint density at radius 1 is 1.42 bits per heavy atom. The Labute approximate surface area is 142 Å². The summed E-state index contributed by atoms with van der Waals surface area (Å²) in [5.74, 6) is 1.81. The molecule has 2 aliphatic heterocycles. The van der Waals surface area contributed by atoms with E-state index in [1.807, 2.05) is 12.1 Å². The van der Waals surface area contributed by atoms with Crippen molar-refractivity contribution in [1.82, 2.24) is 0 Å². The first-order valence-electron chi connectivity index (χ1n) is 9.16. The Morgan fingerprint density at radius 2 is 2.25 bits per heavy atom. The van der Waals surface area contributed by atoms with Gasteiger partial charge in [0.1, 0.15) is 17.6 Å². The van der Waals surface area contributed by atoms with Gasteiger partial charge in [0.25, 0.3) is 0 Å². The van der Waals surface area contributed by atoms with E-state index in [4.69, 9.17) is 4.74 Å². The summed E-state index contributed by atoms with van der Waals surface area (Å²) in [6.07, 6.45) is 5.26. The van der Waals surface area contributed by atoms with Crippen molar-refractivity contribution in [2.45, 2.75) is 49.3 Å². The highest BCUT2D eigenvalue weighted by Crippen LogP contribution is 2.64. The third-order valence-corrected chi connectivity index (χ3v) is 7.52. The molecule has 1 aromatic carbocycles. The lowest BCUT2D eigenvalue weighted by atomic mass is 9.51. The smallest absolute Gasteiger partial charge is 0.135 e. The number of piperidine rings is 1. The van der Waals surface area contributed by atoms with E-state index in [2.05, 4.69) is 13.6 Å². The number of phenolic OH excluding ortho intramolecular Hbond substituents is 1. The number of phenols is 1. The van der Waals surface area contributed by atoms with Gasteiger partial charge in [-0.1, -0.05) is 6.58 Å². The molecule has 1 aromatic rings. The van der Waals surface area contributed by atoms with Gasteiger partial charge in [-0.25, -0.2) is 0 Å². The van der Waals surface area contributed by atoms with Crippen LogP contribution in [0.1, 0.15) is 30.4 Å². The second-order valence-electron chi connectivity index (χ2n) is 8.46. The normalized spacial score (nSPS) is 44.6. The fourth-order valence-corrected chi connectivity index (χ4v) is 6.51. The number of hydrogen-bond donors (Lipinski definition) is 2. The summed E-state index contributed by atoms with van der Waals surface area (Å²) in [5, 5.41) is 21.2. The minimum absolute atomic E-state index is 0.108. The van der Waals surface area contributed by atoms with Gasteiger partial charge in [0.2, 0.25) is 0 Å². The first-order valence-corrected chi connectivity index (χ1v) is 9.16. The fourth-order valence-electron chi connectivity index (χ4n) is 6.51. The van der Waals surface area contributed by atoms with Crippen molar-refractivity contribution in [2.24, 2.45) is 5.92 Å². The Hall–Kier alpha value is -1.52. The summed E-state index contributed by atoms with van der Waals surface area (Å²) in [6, 6.07) is 4.13. The van der Waals surface area contributed by atoms with E-state index in [0.717, 1.165) is 54.6 Å². The van der Waals surface area contributed by atoms with Gasteiger partial charge < -0.3 is 19.4 Å². The van der Waals surface area contributed by atoms with Gasteiger partial charge in [-0.3, -0.25) is 0 Å². The van der Waals surface area contributed by atoms with Crippen molar-refractivity contribution in [1.29, 1.82) is 0 Å². The van der Waals surface area contributed by atoms with Crippen molar-refractivity contribution < 1.29 is 19.4 Å². The highest BCUT2D eigenvalue weighted by molar-refractivity contribution is 5.59. The zero-order valence-electron chi connectivity index (χ0n) is 14.2. The Balaban J connectivity index is 1.76. The van der Waals surface area contributed by atoms with Crippen molar-refractivity contribution in [2.75, 3.05) is 20.1 Å². The predicted molar refractivity (Wildman–Crippen MR) is 91.2 cm³/mol. The number of aromatic hydroxyl groups is 1. The van der Waals surface area contributed by atoms with Gasteiger partial charge in [-0.05, 0) is 31.1 Å². The summed E-state index contributed by atoms with van der Waals surface area (Å²) in [4.78, 5) is 0. The van der Waals surface area contributed by atoms with E-state index in [-0.39, 0.29) is 11.5 Å². The molecule has 128 valence electrons. The molecule has 0 amide bonds. The maximum Gasteiger partial charge on any atom is 0.135 e. The van der Waals surface area contributed by atoms with Crippen LogP contribution in [0.25, 0.3) is 0 Å². The first kappa shape index (κ1) is 14.8. The summed E-state index contributed by atoms with van der Waals surface area (Å²) in [5.41, 5.74) is 2.18. The van der Waals surface area contributed by atoms with Crippen LogP contribution in [0.5, 0.6) is 11.5 Å².